The fraction of sp³-hybridized carbons (Fsp3) is 0.316. The number of halogens is 1. The number of rotatable bonds is 5. The van der Waals surface area contributed by atoms with Gasteiger partial charge in [-0.2, -0.15) is 0 Å². The number of carbonyl (C=O) groups is 1. The Morgan fingerprint density at radius 1 is 1.13 bits per heavy atom. The minimum absolute atomic E-state index is 0.145. The number of ether oxygens (including phenoxy) is 1. The van der Waals surface area contributed by atoms with Crippen LogP contribution < -0.4 is 10.1 Å². The van der Waals surface area contributed by atoms with E-state index in [0.29, 0.717) is 17.2 Å². The lowest BCUT2D eigenvalue weighted by molar-refractivity contribution is -0.122. The van der Waals surface area contributed by atoms with Crippen LogP contribution in [-0.2, 0) is 4.79 Å². The second-order valence-electron chi connectivity index (χ2n) is 5.73. The lowest BCUT2D eigenvalue weighted by atomic mass is 10.1. The van der Waals surface area contributed by atoms with Crippen LogP contribution in [-0.4, -0.2) is 12.0 Å². The molecule has 0 spiro atoms. The Hall–Kier alpha value is -2.00. The van der Waals surface area contributed by atoms with Crippen molar-refractivity contribution in [2.45, 2.75) is 40.2 Å². The molecule has 0 unspecified atom stereocenters. The molecule has 1 N–H and O–H groups in total. The molecule has 0 fully saturated rings. The lowest BCUT2D eigenvalue weighted by Crippen LogP contribution is -2.32. The summed E-state index contributed by atoms with van der Waals surface area (Å²) in [6.45, 7) is 7.81. The predicted molar refractivity (Wildman–Crippen MR) is 95.4 cm³/mol. The molecule has 0 radical (unpaired) electrons. The van der Waals surface area contributed by atoms with Crippen LogP contribution in [0.5, 0.6) is 5.75 Å². The van der Waals surface area contributed by atoms with Gasteiger partial charge in [-0.15, -0.1) is 0 Å². The average Bonchev–Trinajstić information content (AvgIpc) is 2.51. The average molecular weight is 332 g/mol. The van der Waals surface area contributed by atoms with Crippen molar-refractivity contribution in [1.82, 2.24) is 0 Å². The third kappa shape index (κ3) is 4.49. The van der Waals surface area contributed by atoms with Crippen LogP contribution in [0.15, 0.2) is 36.4 Å². The van der Waals surface area contributed by atoms with Crippen LogP contribution in [0.25, 0.3) is 0 Å². The SMILES string of the molecule is CC[C@H](Oc1ccc(Cl)c(C)c1)C(=O)Nc1cc(C)ccc1C. The van der Waals surface area contributed by atoms with Gasteiger partial charge in [0.05, 0.1) is 0 Å². The molecule has 0 aliphatic carbocycles. The molecule has 0 heterocycles. The maximum atomic E-state index is 12.5. The summed E-state index contributed by atoms with van der Waals surface area (Å²) in [6.07, 6.45) is 0.0359. The van der Waals surface area contributed by atoms with Crippen molar-refractivity contribution < 1.29 is 9.53 Å². The highest BCUT2D eigenvalue weighted by molar-refractivity contribution is 6.31. The highest BCUT2D eigenvalue weighted by Crippen LogP contribution is 2.23. The quantitative estimate of drug-likeness (QED) is 0.831. The van der Waals surface area contributed by atoms with Gasteiger partial charge < -0.3 is 10.1 Å². The fourth-order valence-corrected chi connectivity index (χ4v) is 2.38. The van der Waals surface area contributed by atoms with Crippen LogP contribution in [0.1, 0.15) is 30.0 Å². The molecule has 0 saturated carbocycles. The zero-order chi connectivity index (χ0) is 17.0. The van der Waals surface area contributed by atoms with Gasteiger partial charge in [0.25, 0.3) is 5.91 Å². The maximum absolute atomic E-state index is 12.5. The van der Waals surface area contributed by atoms with E-state index in [0.717, 1.165) is 22.4 Å². The summed E-state index contributed by atoms with van der Waals surface area (Å²) >= 11 is 6.02. The summed E-state index contributed by atoms with van der Waals surface area (Å²) in [5.74, 6) is 0.503. The van der Waals surface area contributed by atoms with Gasteiger partial charge in [-0.1, -0.05) is 30.7 Å². The molecule has 2 aromatic rings. The third-order valence-corrected chi connectivity index (χ3v) is 4.15. The predicted octanol–water partition coefficient (Wildman–Crippen LogP) is 5.06. The fourth-order valence-electron chi connectivity index (χ4n) is 2.26. The molecule has 23 heavy (non-hydrogen) atoms. The first-order valence-electron chi connectivity index (χ1n) is 7.71. The Bertz CT molecular complexity index is 713. The van der Waals surface area contributed by atoms with E-state index in [1.165, 1.54) is 0 Å². The number of carbonyl (C=O) groups excluding carboxylic acids is 1. The summed E-state index contributed by atoms with van der Waals surface area (Å²) in [5, 5.41) is 3.64. The van der Waals surface area contributed by atoms with Crippen molar-refractivity contribution >= 4 is 23.2 Å². The first kappa shape index (κ1) is 17.4. The summed E-state index contributed by atoms with van der Waals surface area (Å²) in [5.41, 5.74) is 3.88. The molecule has 0 bridgehead atoms. The largest absolute Gasteiger partial charge is 0.481 e. The molecule has 0 aliphatic rings. The van der Waals surface area contributed by atoms with Gasteiger partial charge in [-0.3, -0.25) is 4.79 Å². The number of hydrogen-bond donors (Lipinski definition) is 1. The molecular formula is C19H22ClNO2. The van der Waals surface area contributed by atoms with Crippen molar-refractivity contribution in [3.05, 3.63) is 58.1 Å². The van der Waals surface area contributed by atoms with Gasteiger partial charge in [0.2, 0.25) is 0 Å². The van der Waals surface area contributed by atoms with Gasteiger partial charge in [0, 0.05) is 10.7 Å². The second-order valence-corrected chi connectivity index (χ2v) is 6.14. The Balaban J connectivity index is 2.11. The molecule has 0 saturated heterocycles. The van der Waals surface area contributed by atoms with E-state index in [-0.39, 0.29) is 5.91 Å². The zero-order valence-electron chi connectivity index (χ0n) is 13.9. The minimum Gasteiger partial charge on any atom is -0.481 e. The van der Waals surface area contributed by atoms with Crippen LogP contribution >= 0.6 is 11.6 Å². The van der Waals surface area contributed by atoms with Gasteiger partial charge in [0.1, 0.15) is 5.75 Å². The number of amides is 1. The van der Waals surface area contributed by atoms with E-state index in [1.807, 2.05) is 52.0 Å². The van der Waals surface area contributed by atoms with Gasteiger partial charge in [-0.05, 0) is 68.1 Å². The molecule has 0 aliphatic heterocycles. The Morgan fingerprint density at radius 2 is 1.87 bits per heavy atom. The minimum atomic E-state index is -0.546. The van der Waals surface area contributed by atoms with Crippen LogP contribution in [0, 0.1) is 20.8 Å². The molecule has 4 heteroatoms. The summed E-state index contributed by atoms with van der Waals surface area (Å²) in [6, 6.07) is 11.4. The highest BCUT2D eigenvalue weighted by atomic mass is 35.5. The topological polar surface area (TPSA) is 38.3 Å². The molecule has 2 aromatic carbocycles. The maximum Gasteiger partial charge on any atom is 0.265 e. The molecule has 0 aromatic heterocycles. The Labute approximate surface area is 142 Å². The first-order chi connectivity index (χ1) is 10.9. The number of anilines is 1. The molecular weight excluding hydrogens is 310 g/mol. The summed E-state index contributed by atoms with van der Waals surface area (Å²) in [4.78, 5) is 12.5. The van der Waals surface area contributed by atoms with Crippen molar-refractivity contribution in [3.63, 3.8) is 0 Å². The lowest BCUT2D eigenvalue weighted by Gasteiger charge is -2.18. The van der Waals surface area contributed by atoms with E-state index in [2.05, 4.69) is 5.32 Å². The molecule has 122 valence electrons. The van der Waals surface area contributed by atoms with E-state index in [4.69, 9.17) is 16.3 Å². The zero-order valence-corrected chi connectivity index (χ0v) is 14.7. The highest BCUT2D eigenvalue weighted by Gasteiger charge is 2.19. The molecule has 2 rings (SSSR count). The van der Waals surface area contributed by atoms with Gasteiger partial charge in [-0.25, -0.2) is 0 Å². The standard InChI is InChI=1S/C19H22ClNO2/c1-5-18(23-15-8-9-16(20)14(4)11-15)19(22)21-17-10-12(2)6-7-13(17)3/h6-11,18H,5H2,1-4H3,(H,21,22)/t18-/m0/s1. The van der Waals surface area contributed by atoms with Gasteiger partial charge >= 0.3 is 0 Å². The molecule has 1 atom stereocenters. The first-order valence-corrected chi connectivity index (χ1v) is 8.09. The Morgan fingerprint density at radius 3 is 2.52 bits per heavy atom. The summed E-state index contributed by atoms with van der Waals surface area (Å²) < 4.78 is 5.83. The van der Waals surface area contributed by atoms with Gasteiger partial charge in [0.15, 0.2) is 6.10 Å². The van der Waals surface area contributed by atoms with E-state index < -0.39 is 6.10 Å². The number of benzene rings is 2. The van der Waals surface area contributed by atoms with Crippen molar-refractivity contribution in [3.8, 4) is 5.75 Å². The number of hydrogen-bond acceptors (Lipinski definition) is 2. The van der Waals surface area contributed by atoms with Crippen LogP contribution in [0.3, 0.4) is 0 Å². The smallest absolute Gasteiger partial charge is 0.265 e. The molecule has 1 amide bonds. The van der Waals surface area contributed by atoms with Crippen molar-refractivity contribution in [1.29, 1.82) is 0 Å². The third-order valence-electron chi connectivity index (χ3n) is 3.72. The summed E-state index contributed by atoms with van der Waals surface area (Å²) in [7, 11) is 0. The number of aryl methyl sites for hydroxylation is 3. The van der Waals surface area contributed by atoms with E-state index >= 15 is 0 Å². The second kappa shape index (κ2) is 7.51. The molecule has 3 nitrogen and oxygen atoms in total. The van der Waals surface area contributed by atoms with Crippen molar-refractivity contribution in [2.75, 3.05) is 5.32 Å². The Kier molecular flexibility index (Phi) is 5.67. The monoisotopic (exact) mass is 331 g/mol. The number of nitrogens with one attached hydrogen (secondary N) is 1. The van der Waals surface area contributed by atoms with E-state index in [9.17, 15) is 4.79 Å². The van der Waals surface area contributed by atoms with E-state index in [1.54, 1.807) is 12.1 Å². The van der Waals surface area contributed by atoms with Crippen molar-refractivity contribution in [2.24, 2.45) is 0 Å². The van der Waals surface area contributed by atoms with Crippen LogP contribution in [0.4, 0.5) is 5.69 Å². The van der Waals surface area contributed by atoms with Crippen LogP contribution in [0.2, 0.25) is 5.02 Å². The normalized spacial score (nSPS) is 11.9.